The van der Waals surface area contributed by atoms with Gasteiger partial charge in [-0.25, -0.2) is 4.39 Å². The van der Waals surface area contributed by atoms with Crippen LogP contribution in [0.3, 0.4) is 0 Å². The maximum absolute atomic E-state index is 13.9. The molecule has 1 heterocycles. The maximum atomic E-state index is 13.9. The molecular formula is C16H24FN3O. The molecule has 0 unspecified atom stereocenters. The predicted molar refractivity (Wildman–Crippen MR) is 82.8 cm³/mol. The number of piperazine rings is 1. The van der Waals surface area contributed by atoms with E-state index >= 15 is 0 Å². The van der Waals surface area contributed by atoms with Crippen LogP contribution in [0.2, 0.25) is 0 Å². The number of anilines is 1. The van der Waals surface area contributed by atoms with Gasteiger partial charge >= 0.3 is 0 Å². The van der Waals surface area contributed by atoms with Crippen molar-refractivity contribution in [3.63, 3.8) is 0 Å². The van der Waals surface area contributed by atoms with Crippen LogP contribution in [-0.4, -0.2) is 36.5 Å². The van der Waals surface area contributed by atoms with E-state index < -0.39 is 5.54 Å². The molecule has 1 saturated heterocycles. The number of aryl methyl sites for hydroxylation is 1. The van der Waals surface area contributed by atoms with Gasteiger partial charge in [-0.2, -0.15) is 0 Å². The van der Waals surface area contributed by atoms with Crippen LogP contribution in [0.25, 0.3) is 0 Å². The third kappa shape index (κ3) is 2.62. The van der Waals surface area contributed by atoms with E-state index in [0.717, 1.165) is 11.3 Å². The van der Waals surface area contributed by atoms with Crippen LogP contribution in [0.15, 0.2) is 12.1 Å². The molecule has 1 aliphatic heterocycles. The zero-order chi connectivity index (χ0) is 15.9. The van der Waals surface area contributed by atoms with E-state index in [4.69, 9.17) is 5.73 Å². The van der Waals surface area contributed by atoms with Crippen LogP contribution in [0.1, 0.15) is 37.9 Å². The number of carbonyl (C=O) groups is 1. The topological polar surface area (TPSA) is 49.6 Å². The lowest BCUT2D eigenvalue weighted by Gasteiger charge is -2.47. The number of halogens is 1. The lowest BCUT2D eigenvalue weighted by atomic mass is 9.93. The van der Waals surface area contributed by atoms with Crippen molar-refractivity contribution in [2.75, 3.05) is 25.0 Å². The minimum absolute atomic E-state index is 0.0614. The average molecular weight is 293 g/mol. The van der Waals surface area contributed by atoms with Crippen molar-refractivity contribution in [2.24, 2.45) is 5.73 Å². The number of nitrogens with zero attached hydrogens (tertiary/aromatic N) is 2. The van der Waals surface area contributed by atoms with E-state index in [-0.39, 0.29) is 17.8 Å². The molecule has 1 fully saturated rings. The van der Waals surface area contributed by atoms with Crippen LogP contribution in [0.4, 0.5) is 10.1 Å². The Balaban J connectivity index is 2.55. The number of benzene rings is 1. The second-order valence-corrected chi connectivity index (χ2v) is 6.39. The molecule has 5 heteroatoms. The Labute approximate surface area is 125 Å². The number of hydrogen-bond donors (Lipinski definition) is 1. The Bertz CT molecular complexity index is 569. The SMILES string of the molecule is Cc1cc(N2CCN(C)C(=O)C2(C)C)c([C@@H](C)N)cc1F. The fourth-order valence-electron chi connectivity index (χ4n) is 2.92. The summed E-state index contributed by atoms with van der Waals surface area (Å²) in [6.45, 7) is 8.72. The van der Waals surface area contributed by atoms with Gasteiger partial charge in [-0.1, -0.05) is 0 Å². The highest BCUT2D eigenvalue weighted by Crippen LogP contribution is 2.35. The zero-order valence-electron chi connectivity index (χ0n) is 13.4. The molecule has 0 aliphatic carbocycles. The molecule has 1 amide bonds. The zero-order valence-corrected chi connectivity index (χ0v) is 13.4. The third-order valence-corrected chi connectivity index (χ3v) is 4.29. The Kier molecular flexibility index (Phi) is 3.97. The summed E-state index contributed by atoms with van der Waals surface area (Å²) in [6, 6.07) is 3.00. The number of carbonyl (C=O) groups excluding carboxylic acids is 1. The fraction of sp³-hybridized carbons (Fsp3) is 0.562. The van der Waals surface area contributed by atoms with E-state index in [1.807, 2.05) is 32.7 Å². The monoisotopic (exact) mass is 293 g/mol. The van der Waals surface area contributed by atoms with E-state index in [9.17, 15) is 9.18 Å². The third-order valence-electron chi connectivity index (χ3n) is 4.29. The quantitative estimate of drug-likeness (QED) is 0.909. The second kappa shape index (κ2) is 5.30. The van der Waals surface area contributed by atoms with Crippen molar-refractivity contribution in [2.45, 2.75) is 39.3 Å². The molecule has 1 aromatic rings. The van der Waals surface area contributed by atoms with Gasteiger partial charge in [0.1, 0.15) is 11.4 Å². The highest BCUT2D eigenvalue weighted by Gasteiger charge is 2.41. The average Bonchev–Trinajstić information content (AvgIpc) is 2.39. The van der Waals surface area contributed by atoms with Crippen molar-refractivity contribution >= 4 is 11.6 Å². The summed E-state index contributed by atoms with van der Waals surface area (Å²) in [7, 11) is 1.81. The van der Waals surface area contributed by atoms with Gasteiger partial charge < -0.3 is 15.5 Å². The molecule has 4 nitrogen and oxygen atoms in total. The molecule has 116 valence electrons. The molecule has 0 spiro atoms. The van der Waals surface area contributed by atoms with E-state index in [1.165, 1.54) is 6.07 Å². The number of rotatable bonds is 2. The van der Waals surface area contributed by atoms with Crippen LogP contribution in [-0.2, 0) is 4.79 Å². The van der Waals surface area contributed by atoms with E-state index in [1.54, 1.807) is 17.9 Å². The molecule has 0 bridgehead atoms. The normalized spacial score (nSPS) is 19.9. The number of nitrogens with two attached hydrogens (primary N) is 1. The Hall–Kier alpha value is -1.62. The summed E-state index contributed by atoms with van der Waals surface area (Å²) in [5.74, 6) is -0.198. The molecule has 0 aromatic heterocycles. The van der Waals surface area contributed by atoms with Crippen molar-refractivity contribution < 1.29 is 9.18 Å². The number of hydrogen-bond acceptors (Lipinski definition) is 3. The Morgan fingerprint density at radius 3 is 2.52 bits per heavy atom. The second-order valence-electron chi connectivity index (χ2n) is 6.39. The molecule has 21 heavy (non-hydrogen) atoms. The first kappa shape index (κ1) is 15.8. The first-order chi connectivity index (χ1) is 9.66. The largest absolute Gasteiger partial charge is 0.355 e. The van der Waals surface area contributed by atoms with Gasteiger partial charge in [-0.3, -0.25) is 4.79 Å². The van der Waals surface area contributed by atoms with E-state index in [2.05, 4.69) is 0 Å². The summed E-state index contributed by atoms with van der Waals surface area (Å²) >= 11 is 0. The molecule has 1 aliphatic rings. The van der Waals surface area contributed by atoms with Crippen LogP contribution in [0.5, 0.6) is 0 Å². The van der Waals surface area contributed by atoms with Gasteiger partial charge in [-0.15, -0.1) is 0 Å². The summed E-state index contributed by atoms with van der Waals surface area (Å²) in [4.78, 5) is 16.2. The maximum Gasteiger partial charge on any atom is 0.247 e. The van der Waals surface area contributed by atoms with Crippen molar-refractivity contribution in [3.05, 3.63) is 29.1 Å². The Morgan fingerprint density at radius 1 is 1.33 bits per heavy atom. The van der Waals surface area contributed by atoms with Crippen molar-refractivity contribution in [1.29, 1.82) is 0 Å². The molecular weight excluding hydrogens is 269 g/mol. The summed E-state index contributed by atoms with van der Waals surface area (Å²) < 4.78 is 13.9. The van der Waals surface area contributed by atoms with Gasteiger partial charge in [-0.05, 0) is 51.0 Å². The van der Waals surface area contributed by atoms with Crippen molar-refractivity contribution in [3.8, 4) is 0 Å². The highest BCUT2D eigenvalue weighted by molar-refractivity contribution is 5.90. The smallest absolute Gasteiger partial charge is 0.247 e. The van der Waals surface area contributed by atoms with Crippen LogP contribution < -0.4 is 10.6 Å². The fourth-order valence-corrected chi connectivity index (χ4v) is 2.92. The predicted octanol–water partition coefficient (Wildman–Crippen LogP) is 2.21. The lowest BCUT2D eigenvalue weighted by molar-refractivity contribution is -0.136. The van der Waals surface area contributed by atoms with Gasteiger partial charge in [0.05, 0.1) is 0 Å². The lowest BCUT2D eigenvalue weighted by Crippen LogP contribution is -2.62. The summed E-state index contributed by atoms with van der Waals surface area (Å²) in [6.07, 6.45) is 0. The molecule has 0 saturated carbocycles. The first-order valence-corrected chi connectivity index (χ1v) is 7.25. The van der Waals surface area contributed by atoms with Gasteiger partial charge in [0.2, 0.25) is 5.91 Å². The van der Waals surface area contributed by atoms with Crippen LogP contribution >= 0.6 is 0 Å². The molecule has 0 radical (unpaired) electrons. The number of likely N-dealkylation sites (N-methyl/N-ethyl adjacent to an activating group) is 1. The molecule has 1 atom stereocenters. The minimum Gasteiger partial charge on any atom is -0.355 e. The first-order valence-electron chi connectivity index (χ1n) is 7.25. The summed E-state index contributed by atoms with van der Waals surface area (Å²) in [5.41, 5.74) is 7.50. The van der Waals surface area contributed by atoms with Crippen LogP contribution in [0, 0.1) is 12.7 Å². The number of amides is 1. The highest BCUT2D eigenvalue weighted by atomic mass is 19.1. The van der Waals surface area contributed by atoms with E-state index in [0.29, 0.717) is 18.7 Å². The minimum atomic E-state index is -0.666. The van der Waals surface area contributed by atoms with Gasteiger partial charge in [0, 0.05) is 31.9 Å². The molecule has 1 aromatic carbocycles. The van der Waals surface area contributed by atoms with Gasteiger partial charge in [0.15, 0.2) is 0 Å². The summed E-state index contributed by atoms with van der Waals surface area (Å²) in [5, 5.41) is 0. The standard InChI is InChI=1S/C16H24FN3O/c1-10-8-14(12(11(2)18)9-13(10)17)20-7-6-19(5)15(21)16(20,3)4/h8-9,11H,6-7,18H2,1-5H3/t11-/m1/s1. The van der Waals surface area contributed by atoms with Gasteiger partial charge in [0.25, 0.3) is 0 Å². The van der Waals surface area contributed by atoms with Crippen molar-refractivity contribution in [1.82, 2.24) is 4.90 Å². The molecule has 2 N–H and O–H groups in total. The Morgan fingerprint density at radius 2 is 1.95 bits per heavy atom. The molecule has 2 rings (SSSR count).